The van der Waals surface area contributed by atoms with Gasteiger partial charge >= 0.3 is 13.6 Å². The van der Waals surface area contributed by atoms with Crippen molar-refractivity contribution in [3.63, 3.8) is 0 Å². The van der Waals surface area contributed by atoms with Crippen molar-refractivity contribution in [3.05, 3.63) is 24.3 Å². The summed E-state index contributed by atoms with van der Waals surface area (Å²) >= 11 is 0. The number of nitrogens with one attached hydrogen (secondary N) is 1. The fourth-order valence-electron chi connectivity index (χ4n) is 4.04. The normalized spacial score (nSPS) is 13.8. The fourth-order valence-corrected chi connectivity index (χ4v) is 5.22. The van der Waals surface area contributed by atoms with E-state index in [-0.39, 0.29) is 36.1 Å². The number of carboxylic acid groups (broad SMARTS) is 1. The number of unbranched alkanes of at least 4 members (excludes halogenated alkanes) is 9. The van der Waals surface area contributed by atoms with Crippen LogP contribution in [0, 0.1) is 11.8 Å². The van der Waals surface area contributed by atoms with E-state index in [0.717, 1.165) is 32.1 Å². The Hall–Kier alpha value is -1.89. The summed E-state index contributed by atoms with van der Waals surface area (Å²) in [5.74, 6) is -0.390. The minimum Gasteiger partial charge on any atom is -0.481 e. The standard InChI is InChI=1S/C27H46NO7P/c1-22(2)21-36(32,33)35-34-25-18-15-14-17-24(25)28-26(29)19-13-11-9-7-5-4-6-8-10-12-16-23(3)20-27(30)31/h14-15,17-18,22-23H,4-13,16,19-21H2,1-3H3,(H,28,29)(H,30,31)(H,32,33). The molecule has 1 amide bonds. The van der Waals surface area contributed by atoms with Crippen LogP contribution in [0.1, 0.15) is 104 Å². The number of hydrogen-bond donors (Lipinski definition) is 3. The molecule has 0 aliphatic carbocycles. The van der Waals surface area contributed by atoms with E-state index in [2.05, 4.69) is 5.32 Å². The molecule has 0 saturated heterocycles. The fraction of sp³-hybridized carbons (Fsp3) is 0.704. The zero-order chi connectivity index (χ0) is 26.8. The summed E-state index contributed by atoms with van der Waals surface area (Å²) in [6.07, 6.45) is 12.9. The van der Waals surface area contributed by atoms with Gasteiger partial charge in [0.2, 0.25) is 5.91 Å². The lowest BCUT2D eigenvalue weighted by Gasteiger charge is -2.15. The number of rotatable bonds is 21. The van der Waals surface area contributed by atoms with Gasteiger partial charge in [-0.25, -0.2) is 0 Å². The summed E-state index contributed by atoms with van der Waals surface area (Å²) in [5.41, 5.74) is 0.406. The molecule has 1 rings (SSSR count). The van der Waals surface area contributed by atoms with Gasteiger partial charge in [0.25, 0.3) is 0 Å². The van der Waals surface area contributed by atoms with Crippen LogP contribution in [-0.2, 0) is 18.8 Å². The molecule has 8 nitrogen and oxygen atoms in total. The third-order valence-corrected chi connectivity index (χ3v) is 7.37. The largest absolute Gasteiger partial charge is 0.481 e. The Morgan fingerprint density at radius 3 is 2.06 bits per heavy atom. The molecule has 3 N–H and O–H groups in total. The van der Waals surface area contributed by atoms with E-state index in [0.29, 0.717) is 12.1 Å². The van der Waals surface area contributed by atoms with Crippen molar-refractivity contribution in [2.75, 3.05) is 11.5 Å². The topological polar surface area (TPSA) is 122 Å². The predicted molar refractivity (Wildman–Crippen MR) is 143 cm³/mol. The van der Waals surface area contributed by atoms with Gasteiger partial charge in [-0.1, -0.05) is 102 Å². The Bertz CT molecular complexity index is 815. The summed E-state index contributed by atoms with van der Waals surface area (Å²) in [6, 6.07) is 6.68. The number of anilines is 1. The minimum absolute atomic E-state index is 0.0168. The molecule has 36 heavy (non-hydrogen) atoms. The van der Waals surface area contributed by atoms with Gasteiger partial charge in [-0.2, -0.15) is 0 Å². The van der Waals surface area contributed by atoms with Gasteiger partial charge in [-0.05, 0) is 30.4 Å². The van der Waals surface area contributed by atoms with E-state index in [1.54, 1.807) is 24.3 Å². The smallest absolute Gasteiger partial charge is 0.367 e. The van der Waals surface area contributed by atoms with Crippen molar-refractivity contribution in [1.82, 2.24) is 0 Å². The van der Waals surface area contributed by atoms with Crippen LogP contribution in [0.3, 0.4) is 0 Å². The molecule has 0 fully saturated rings. The molecule has 2 atom stereocenters. The molecule has 0 aliphatic heterocycles. The van der Waals surface area contributed by atoms with Crippen LogP contribution >= 0.6 is 7.60 Å². The van der Waals surface area contributed by atoms with Crippen LogP contribution in [-0.4, -0.2) is 28.0 Å². The first-order valence-electron chi connectivity index (χ1n) is 13.4. The number of para-hydroxylation sites is 2. The average molecular weight is 528 g/mol. The maximum Gasteiger partial charge on any atom is 0.367 e. The molecule has 0 aromatic heterocycles. The van der Waals surface area contributed by atoms with Crippen LogP contribution in [0.2, 0.25) is 0 Å². The monoisotopic (exact) mass is 527 g/mol. The van der Waals surface area contributed by atoms with Gasteiger partial charge in [-0.15, -0.1) is 0 Å². The van der Waals surface area contributed by atoms with Crippen LogP contribution in [0.15, 0.2) is 24.3 Å². The Morgan fingerprint density at radius 2 is 1.47 bits per heavy atom. The zero-order valence-electron chi connectivity index (χ0n) is 22.2. The highest BCUT2D eigenvalue weighted by molar-refractivity contribution is 7.52. The molecule has 0 spiro atoms. The number of carboxylic acids is 1. The molecule has 1 aromatic rings. The lowest BCUT2D eigenvalue weighted by molar-refractivity contribution is -0.138. The van der Waals surface area contributed by atoms with Crippen molar-refractivity contribution >= 4 is 25.2 Å². The number of benzene rings is 1. The SMILES string of the molecule is CC(C)CP(=O)(O)OOc1ccccc1NC(=O)CCCCCCCCCCCCC(C)CC(=O)O. The van der Waals surface area contributed by atoms with Crippen molar-refractivity contribution in [2.45, 2.75) is 104 Å². The quantitative estimate of drug-likeness (QED) is 0.0652. The van der Waals surface area contributed by atoms with Gasteiger partial charge in [0.05, 0.1) is 11.8 Å². The third-order valence-electron chi connectivity index (χ3n) is 5.87. The van der Waals surface area contributed by atoms with Gasteiger partial charge in [0.1, 0.15) is 0 Å². The molecule has 1 aromatic carbocycles. The maximum atomic E-state index is 12.3. The lowest BCUT2D eigenvalue weighted by atomic mass is 9.99. The van der Waals surface area contributed by atoms with Gasteiger partial charge in [-0.3, -0.25) is 14.2 Å². The number of carbonyl (C=O) groups is 2. The van der Waals surface area contributed by atoms with E-state index in [9.17, 15) is 19.0 Å². The molecular weight excluding hydrogens is 481 g/mol. The van der Waals surface area contributed by atoms with Crippen LogP contribution in [0.5, 0.6) is 5.75 Å². The Kier molecular flexibility index (Phi) is 16.4. The highest BCUT2D eigenvalue weighted by Crippen LogP contribution is 2.44. The van der Waals surface area contributed by atoms with Crippen molar-refractivity contribution in [1.29, 1.82) is 0 Å². The molecule has 2 unspecified atom stereocenters. The molecule has 0 bridgehead atoms. The molecule has 0 saturated carbocycles. The highest BCUT2D eigenvalue weighted by Gasteiger charge is 2.24. The van der Waals surface area contributed by atoms with Crippen LogP contribution in [0.25, 0.3) is 0 Å². The summed E-state index contributed by atoms with van der Waals surface area (Å²) in [4.78, 5) is 37.9. The zero-order valence-corrected chi connectivity index (χ0v) is 23.1. The molecule has 206 valence electrons. The second-order valence-electron chi connectivity index (χ2n) is 10.2. The second kappa shape index (κ2) is 18.4. The first kappa shape index (κ1) is 32.1. The van der Waals surface area contributed by atoms with Gasteiger partial charge < -0.3 is 20.2 Å². The molecule has 0 heterocycles. The lowest BCUT2D eigenvalue weighted by Crippen LogP contribution is -2.12. The van der Waals surface area contributed by atoms with E-state index >= 15 is 0 Å². The second-order valence-corrected chi connectivity index (χ2v) is 12.0. The Morgan fingerprint density at radius 1 is 0.917 bits per heavy atom. The summed E-state index contributed by atoms with van der Waals surface area (Å²) in [6.45, 7) is 5.64. The van der Waals surface area contributed by atoms with E-state index < -0.39 is 13.6 Å². The number of carbonyl (C=O) groups excluding carboxylic acids is 1. The first-order valence-corrected chi connectivity index (χ1v) is 15.1. The molecule has 9 heteroatoms. The van der Waals surface area contributed by atoms with E-state index in [4.69, 9.17) is 14.7 Å². The van der Waals surface area contributed by atoms with Crippen molar-refractivity contribution in [3.8, 4) is 5.75 Å². The van der Waals surface area contributed by atoms with E-state index in [1.807, 2.05) is 20.8 Å². The average Bonchev–Trinajstić information content (AvgIpc) is 2.78. The highest BCUT2D eigenvalue weighted by atomic mass is 31.2. The van der Waals surface area contributed by atoms with Crippen LogP contribution in [0.4, 0.5) is 5.69 Å². The molecule has 0 radical (unpaired) electrons. The first-order chi connectivity index (χ1) is 17.1. The van der Waals surface area contributed by atoms with Gasteiger partial charge in [0, 0.05) is 12.8 Å². The Balaban J connectivity index is 2.12. The number of hydrogen-bond acceptors (Lipinski definition) is 5. The maximum absolute atomic E-state index is 12.3. The molecule has 0 aliphatic rings. The summed E-state index contributed by atoms with van der Waals surface area (Å²) in [5, 5.41) is 11.6. The predicted octanol–water partition coefficient (Wildman–Crippen LogP) is 7.57. The third kappa shape index (κ3) is 16.7. The number of amides is 1. The Labute approximate surface area is 216 Å². The minimum atomic E-state index is -3.87. The van der Waals surface area contributed by atoms with Crippen molar-refractivity contribution in [2.24, 2.45) is 11.8 Å². The number of aliphatic carboxylic acids is 1. The van der Waals surface area contributed by atoms with Gasteiger partial charge in [0.15, 0.2) is 5.75 Å². The molecular formula is C27H46NO7P. The van der Waals surface area contributed by atoms with E-state index in [1.165, 1.54) is 38.5 Å². The summed E-state index contributed by atoms with van der Waals surface area (Å²) in [7, 11) is -3.87. The van der Waals surface area contributed by atoms with Crippen molar-refractivity contribution < 1.29 is 33.7 Å². The summed E-state index contributed by atoms with van der Waals surface area (Å²) < 4.78 is 16.8. The van der Waals surface area contributed by atoms with Crippen LogP contribution < -0.4 is 10.2 Å².